The molecule has 12 heteroatoms. The van der Waals surface area contributed by atoms with Crippen molar-refractivity contribution < 1.29 is 10.0 Å². The number of nitrogens with one attached hydrogen (secondary N) is 3. The van der Waals surface area contributed by atoms with E-state index < -0.39 is 33.4 Å². The fraction of sp³-hybridized carbons (Fsp3) is 0.143. The van der Waals surface area contributed by atoms with Crippen molar-refractivity contribution in [3.05, 3.63) is 88.0 Å². The first kappa shape index (κ1) is 21.5. The summed E-state index contributed by atoms with van der Waals surface area (Å²) in [5.74, 6) is -0.665. The molecule has 0 bridgehead atoms. The number of hydrogen-bond acceptors (Lipinski definition) is 7. The van der Waals surface area contributed by atoms with Gasteiger partial charge in [0, 0.05) is 12.3 Å². The highest BCUT2D eigenvalue weighted by molar-refractivity contribution is 5.89. The molecule has 0 saturated heterocycles. The predicted octanol–water partition coefficient (Wildman–Crippen LogP) is 1.99. The molecule has 0 atom stereocenters. The fourth-order valence-corrected chi connectivity index (χ4v) is 3.83. The van der Waals surface area contributed by atoms with Gasteiger partial charge in [0.15, 0.2) is 0 Å². The highest BCUT2D eigenvalue weighted by Gasteiger charge is 2.19. The van der Waals surface area contributed by atoms with E-state index in [0.29, 0.717) is 16.8 Å². The van der Waals surface area contributed by atoms with Gasteiger partial charge >= 0.3 is 11.4 Å². The van der Waals surface area contributed by atoms with Gasteiger partial charge in [-0.2, -0.15) is 0 Å². The molecule has 0 radical (unpaired) electrons. The predicted molar refractivity (Wildman–Crippen MR) is 121 cm³/mol. The maximum absolute atomic E-state index is 12.5. The molecule has 4 aromatic rings. The van der Waals surface area contributed by atoms with Crippen LogP contribution in [-0.4, -0.2) is 35.8 Å². The maximum atomic E-state index is 12.5. The molecule has 2 aromatic carbocycles. The highest BCUT2D eigenvalue weighted by Crippen LogP contribution is 2.31. The Kier molecular flexibility index (Phi) is 5.04. The van der Waals surface area contributed by atoms with Crippen LogP contribution in [0.3, 0.4) is 0 Å². The largest absolute Gasteiger partial charge is 0.493 e. The Morgan fingerprint density at radius 3 is 2.21 bits per heavy atom. The lowest BCUT2D eigenvalue weighted by Gasteiger charge is -2.15. The number of hydrogen-bond donors (Lipinski definition) is 4. The first-order chi connectivity index (χ1) is 15.6. The van der Waals surface area contributed by atoms with Gasteiger partial charge in [0.1, 0.15) is 11.3 Å². The van der Waals surface area contributed by atoms with Crippen LogP contribution in [0.1, 0.15) is 22.3 Å². The Morgan fingerprint density at radius 2 is 1.61 bits per heavy atom. The van der Waals surface area contributed by atoms with Crippen LogP contribution in [0.25, 0.3) is 16.7 Å². The molecule has 0 amide bonds. The van der Waals surface area contributed by atoms with Gasteiger partial charge in [-0.1, -0.05) is 17.7 Å². The number of aryl methyl sites for hydroxylation is 3. The molecule has 12 nitrogen and oxygen atoms in total. The van der Waals surface area contributed by atoms with Crippen molar-refractivity contribution in [3.63, 3.8) is 0 Å². The van der Waals surface area contributed by atoms with Gasteiger partial charge in [0.05, 0.1) is 21.6 Å². The van der Waals surface area contributed by atoms with Crippen molar-refractivity contribution in [2.24, 2.45) is 4.99 Å². The summed E-state index contributed by atoms with van der Waals surface area (Å²) in [5, 5.41) is 22.3. The molecule has 168 valence electrons. The minimum atomic E-state index is -0.918. The third-order valence-corrected chi connectivity index (χ3v) is 5.12. The van der Waals surface area contributed by atoms with Crippen LogP contribution < -0.4 is 16.9 Å². The monoisotopic (exact) mass is 450 g/mol. The van der Waals surface area contributed by atoms with Crippen molar-refractivity contribution in [2.45, 2.75) is 20.8 Å². The molecule has 0 aliphatic carbocycles. The highest BCUT2D eigenvalue weighted by atomic mass is 16.6. The summed E-state index contributed by atoms with van der Waals surface area (Å²) in [6.45, 7) is 5.41. The minimum Gasteiger partial charge on any atom is -0.493 e. The van der Waals surface area contributed by atoms with E-state index in [1.54, 1.807) is 13.8 Å². The second-order valence-electron chi connectivity index (χ2n) is 7.56. The zero-order valence-corrected chi connectivity index (χ0v) is 17.7. The third kappa shape index (κ3) is 3.73. The van der Waals surface area contributed by atoms with Crippen LogP contribution in [-0.2, 0) is 0 Å². The first-order valence-corrected chi connectivity index (χ1v) is 9.68. The zero-order chi connectivity index (χ0) is 24.0. The SMILES string of the molecule is Cc1cc(C)c(-n2c(O)c(C=Nc3cc4[nH]c(=O)[nH]c4cc3[N+](=O)[O-])c(=O)[nH]c2=O)c(C)c1. The second kappa shape index (κ2) is 7.75. The summed E-state index contributed by atoms with van der Waals surface area (Å²) >= 11 is 0. The van der Waals surface area contributed by atoms with Crippen LogP contribution in [0.15, 0.2) is 43.6 Å². The quantitative estimate of drug-likeness (QED) is 0.210. The smallest absolute Gasteiger partial charge is 0.335 e. The lowest BCUT2D eigenvalue weighted by molar-refractivity contribution is -0.383. The van der Waals surface area contributed by atoms with Gasteiger partial charge in [-0.3, -0.25) is 19.9 Å². The molecule has 33 heavy (non-hydrogen) atoms. The molecule has 4 N–H and O–H groups in total. The van der Waals surface area contributed by atoms with E-state index in [1.807, 2.05) is 19.1 Å². The topological polar surface area (TPSA) is 179 Å². The fourth-order valence-electron chi connectivity index (χ4n) is 3.83. The molecule has 0 saturated carbocycles. The molecule has 0 unspecified atom stereocenters. The average Bonchev–Trinajstić information content (AvgIpc) is 3.07. The molecular weight excluding hydrogens is 432 g/mol. The van der Waals surface area contributed by atoms with Crippen LogP contribution in [0.5, 0.6) is 5.88 Å². The molecule has 2 heterocycles. The second-order valence-corrected chi connectivity index (χ2v) is 7.56. The van der Waals surface area contributed by atoms with E-state index in [1.165, 1.54) is 6.07 Å². The van der Waals surface area contributed by atoms with Gasteiger partial charge in [0.2, 0.25) is 5.88 Å². The summed E-state index contributed by atoms with van der Waals surface area (Å²) in [5.41, 5.74) is -0.0570. The number of nitrogens with zero attached hydrogens (tertiary/aromatic N) is 3. The molecule has 0 fully saturated rings. The van der Waals surface area contributed by atoms with Crippen molar-refractivity contribution >= 4 is 28.6 Å². The van der Waals surface area contributed by atoms with Crippen LogP contribution >= 0.6 is 0 Å². The number of aliphatic imine (C=N–C) groups is 1. The third-order valence-electron chi connectivity index (χ3n) is 5.12. The lowest BCUT2D eigenvalue weighted by Crippen LogP contribution is -2.32. The number of nitro groups is 1. The van der Waals surface area contributed by atoms with E-state index in [0.717, 1.165) is 22.4 Å². The summed E-state index contributed by atoms with van der Waals surface area (Å²) in [6.07, 6.45) is 0.932. The number of nitro benzene ring substituents is 1. The Morgan fingerprint density at radius 1 is 1.00 bits per heavy atom. The average molecular weight is 450 g/mol. The van der Waals surface area contributed by atoms with Gasteiger partial charge < -0.3 is 15.1 Å². The maximum Gasteiger partial charge on any atom is 0.335 e. The Labute approximate surface area is 184 Å². The van der Waals surface area contributed by atoms with E-state index >= 15 is 0 Å². The molecule has 0 spiro atoms. The number of aromatic amines is 3. The van der Waals surface area contributed by atoms with Gasteiger partial charge in [-0.05, 0) is 38.0 Å². The standard InChI is InChI=1S/C21H18N6O6/c1-9-4-10(2)17(11(3)5-9)26-19(29)12(18(28)25-21(26)31)8-22-15-6-13-14(24-20(30)23-13)7-16(15)27(32)33/h4-8,29H,1-3H3,(H2,23,24,30)(H,25,28,31). The van der Waals surface area contributed by atoms with Crippen molar-refractivity contribution in [1.29, 1.82) is 0 Å². The number of aromatic hydroxyl groups is 1. The van der Waals surface area contributed by atoms with Gasteiger partial charge in [0.25, 0.3) is 11.2 Å². The van der Waals surface area contributed by atoms with Gasteiger partial charge in [-0.25, -0.2) is 19.1 Å². The van der Waals surface area contributed by atoms with Crippen molar-refractivity contribution in [2.75, 3.05) is 0 Å². The van der Waals surface area contributed by atoms with Crippen LogP contribution in [0, 0.1) is 30.9 Å². The number of fused-ring (bicyclic) bond motifs is 1. The van der Waals surface area contributed by atoms with Crippen LogP contribution in [0.4, 0.5) is 11.4 Å². The summed E-state index contributed by atoms with van der Waals surface area (Å²) in [4.78, 5) is 58.3. The minimum absolute atomic E-state index is 0.165. The molecule has 0 aliphatic rings. The Balaban J connectivity index is 1.92. The molecule has 0 aliphatic heterocycles. The summed E-state index contributed by atoms with van der Waals surface area (Å²) in [6, 6.07) is 6.04. The number of aromatic nitrogens is 4. The molecule has 4 rings (SSSR count). The van der Waals surface area contributed by atoms with Gasteiger partial charge in [-0.15, -0.1) is 0 Å². The van der Waals surface area contributed by atoms with Crippen molar-refractivity contribution in [1.82, 2.24) is 19.5 Å². The summed E-state index contributed by atoms with van der Waals surface area (Å²) in [7, 11) is 0. The number of benzene rings is 2. The molecular formula is C21H18N6O6. The van der Waals surface area contributed by atoms with Crippen LogP contribution in [0.2, 0.25) is 0 Å². The van der Waals surface area contributed by atoms with E-state index in [9.17, 15) is 29.6 Å². The number of rotatable bonds is 4. The Bertz CT molecular complexity index is 1630. The van der Waals surface area contributed by atoms with Crippen molar-refractivity contribution in [3.8, 4) is 11.6 Å². The van der Waals surface area contributed by atoms with E-state index in [4.69, 9.17) is 0 Å². The Hall–Kier alpha value is -4.74. The number of H-pyrrole nitrogens is 3. The van der Waals surface area contributed by atoms with E-state index in [-0.39, 0.29) is 22.3 Å². The molecule has 2 aromatic heterocycles. The number of imidazole rings is 1. The zero-order valence-electron chi connectivity index (χ0n) is 17.7. The summed E-state index contributed by atoms with van der Waals surface area (Å²) < 4.78 is 0.952. The first-order valence-electron chi connectivity index (χ1n) is 9.68. The normalized spacial score (nSPS) is 11.5. The lowest BCUT2D eigenvalue weighted by atomic mass is 10.0. The van der Waals surface area contributed by atoms with E-state index in [2.05, 4.69) is 19.9 Å².